The molecule has 0 amide bonds. The van der Waals surface area contributed by atoms with Gasteiger partial charge in [-0.2, -0.15) is 10.4 Å². The third-order valence-electron chi connectivity index (χ3n) is 3.86. The van der Waals surface area contributed by atoms with Gasteiger partial charge in [-0.15, -0.1) is 0 Å². The van der Waals surface area contributed by atoms with Crippen LogP contribution in [-0.2, 0) is 4.74 Å². The number of benzene rings is 1. The maximum atomic E-state index is 12.3. The Hall–Kier alpha value is -3.12. The number of nitrogens with zero attached hydrogens (tertiary/aromatic N) is 3. The van der Waals surface area contributed by atoms with Crippen LogP contribution < -0.4 is 15.9 Å². The van der Waals surface area contributed by atoms with Gasteiger partial charge in [0.25, 0.3) is 0 Å². The summed E-state index contributed by atoms with van der Waals surface area (Å²) < 4.78 is 11.0. The molecule has 0 unspecified atom stereocenters. The normalized spacial score (nSPS) is 11.0. The Morgan fingerprint density at radius 2 is 2.04 bits per heavy atom. The molecule has 0 saturated carbocycles. The first-order chi connectivity index (χ1) is 13.5. The zero-order valence-corrected chi connectivity index (χ0v) is 16.6. The van der Waals surface area contributed by atoms with Crippen molar-refractivity contribution in [3.8, 4) is 11.8 Å². The van der Waals surface area contributed by atoms with Crippen LogP contribution in [0, 0.1) is 16.7 Å². The quantitative estimate of drug-likeness (QED) is 0.216. The van der Waals surface area contributed by atoms with E-state index in [9.17, 15) is 4.79 Å². The summed E-state index contributed by atoms with van der Waals surface area (Å²) in [5.74, 6) is -0.461. The Morgan fingerprint density at radius 3 is 2.61 bits per heavy atom. The van der Waals surface area contributed by atoms with E-state index in [0.29, 0.717) is 36.8 Å². The first-order valence-corrected chi connectivity index (χ1v) is 9.21. The summed E-state index contributed by atoms with van der Waals surface area (Å²) in [4.78, 5) is 14.5. The maximum Gasteiger partial charge on any atom is 0.338 e. The zero-order valence-electron chi connectivity index (χ0n) is 16.6. The Kier molecular flexibility index (Phi) is 10.1. The van der Waals surface area contributed by atoms with Crippen LogP contribution in [0.25, 0.3) is 0 Å². The summed E-state index contributed by atoms with van der Waals surface area (Å²) in [6.45, 7) is 9.28. The molecule has 0 fully saturated rings. The van der Waals surface area contributed by atoms with Gasteiger partial charge in [0, 0.05) is 6.54 Å². The van der Waals surface area contributed by atoms with Crippen LogP contribution in [0.15, 0.2) is 23.3 Å². The molecule has 1 rings (SSSR count). The average Bonchev–Trinajstić information content (AvgIpc) is 2.70. The first-order valence-electron chi connectivity index (χ1n) is 9.21. The number of hydrogen-bond acceptors (Lipinski definition) is 8. The third kappa shape index (κ3) is 7.25. The van der Waals surface area contributed by atoms with Gasteiger partial charge in [0.05, 0.1) is 17.9 Å². The van der Waals surface area contributed by atoms with Gasteiger partial charge in [0.2, 0.25) is 5.71 Å². The number of nitrogens with two attached hydrogens (primary N) is 1. The summed E-state index contributed by atoms with van der Waals surface area (Å²) in [5, 5.41) is 20.1. The van der Waals surface area contributed by atoms with Crippen molar-refractivity contribution in [2.24, 2.45) is 10.8 Å². The molecule has 0 aliphatic rings. The zero-order chi connectivity index (χ0) is 20.9. The molecular weight excluding hydrogens is 360 g/mol. The predicted octanol–water partition coefficient (Wildman–Crippen LogP) is 2.20. The maximum absolute atomic E-state index is 12.3. The number of nitrogens with one attached hydrogen (secondary N) is 2. The Balaban J connectivity index is 2.95. The van der Waals surface area contributed by atoms with Gasteiger partial charge in [-0.05, 0) is 37.7 Å². The Morgan fingerprint density at radius 1 is 1.32 bits per heavy atom. The summed E-state index contributed by atoms with van der Waals surface area (Å²) in [7, 11) is 0. The summed E-state index contributed by atoms with van der Waals surface area (Å²) >= 11 is 0. The number of carbonyl (C=O) groups is 1. The van der Waals surface area contributed by atoms with E-state index in [1.807, 2.05) is 6.92 Å². The molecule has 4 N–H and O–H groups in total. The number of hydrogen-bond donors (Lipinski definition) is 3. The Labute approximate surface area is 165 Å². The van der Waals surface area contributed by atoms with E-state index in [1.54, 1.807) is 18.2 Å². The molecule has 0 bridgehead atoms. The molecule has 1 aromatic rings. The van der Waals surface area contributed by atoms with E-state index >= 15 is 0 Å². The van der Waals surface area contributed by atoms with Crippen LogP contribution in [0.3, 0.4) is 0 Å². The van der Waals surface area contributed by atoms with Crippen LogP contribution >= 0.6 is 0 Å². The minimum atomic E-state index is -0.465. The van der Waals surface area contributed by atoms with Gasteiger partial charge in [-0.1, -0.05) is 20.8 Å². The molecular formula is C19H28N6O3. The van der Waals surface area contributed by atoms with Crippen molar-refractivity contribution >= 4 is 23.2 Å². The van der Waals surface area contributed by atoms with E-state index in [1.165, 1.54) is 6.07 Å². The van der Waals surface area contributed by atoms with E-state index < -0.39 is 11.8 Å². The van der Waals surface area contributed by atoms with Gasteiger partial charge in [-0.3, -0.25) is 10.8 Å². The fourth-order valence-electron chi connectivity index (χ4n) is 2.23. The van der Waals surface area contributed by atoms with Crippen LogP contribution in [-0.4, -0.2) is 55.3 Å². The highest BCUT2D eigenvalue weighted by Crippen LogP contribution is 2.26. The van der Waals surface area contributed by atoms with Gasteiger partial charge in [0.1, 0.15) is 18.4 Å². The number of amidine groups is 1. The number of likely N-dealkylation sites (N-methyl/N-ethyl adjacent to an activating group) is 1. The molecule has 0 heterocycles. The highest BCUT2D eigenvalue weighted by Gasteiger charge is 2.13. The molecule has 9 heteroatoms. The molecule has 9 nitrogen and oxygen atoms in total. The molecule has 0 spiro atoms. The van der Waals surface area contributed by atoms with Crippen molar-refractivity contribution in [1.82, 2.24) is 4.90 Å². The molecule has 0 aromatic heterocycles. The highest BCUT2D eigenvalue weighted by molar-refractivity contribution is 6.45. The number of rotatable bonds is 12. The van der Waals surface area contributed by atoms with Crippen LogP contribution in [0.4, 0.5) is 5.69 Å². The number of anilines is 1. The average molecular weight is 388 g/mol. The monoisotopic (exact) mass is 388 g/mol. The summed E-state index contributed by atoms with van der Waals surface area (Å²) in [5.41, 5.74) is 8.36. The predicted molar refractivity (Wildman–Crippen MR) is 109 cm³/mol. The van der Waals surface area contributed by atoms with E-state index in [4.69, 9.17) is 25.9 Å². The summed E-state index contributed by atoms with van der Waals surface area (Å²) in [6, 6.07) is 6.49. The fourth-order valence-corrected chi connectivity index (χ4v) is 2.23. The van der Waals surface area contributed by atoms with Crippen molar-refractivity contribution in [3.05, 3.63) is 23.8 Å². The molecule has 1 aromatic carbocycles. The topological polar surface area (TPSA) is 137 Å². The highest BCUT2D eigenvalue weighted by atomic mass is 16.5. The number of carbonyl (C=O) groups excluding carboxylic acids is 1. The van der Waals surface area contributed by atoms with Gasteiger partial charge in [0.15, 0.2) is 5.84 Å². The van der Waals surface area contributed by atoms with Crippen LogP contribution in [0.2, 0.25) is 0 Å². The van der Waals surface area contributed by atoms with E-state index in [0.717, 1.165) is 19.5 Å². The van der Waals surface area contributed by atoms with E-state index in [2.05, 4.69) is 29.3 Å². The molecule has 0 radical (unpaired) electrons. The number of hydrazone groups is 1. The molecule has 0 aliphatic heterocycles. The summed E-state index contributed by atoms with van der Waals surface area (Å²) in [6.07, 6.45) is 0.800. The molecule has 152 valence electrons. The standard InChI is InChI=1S/C19H28N6O3/c1-4-10-27-17-8-7-14(19(26)28-11-9-25(5-2)6-3)12-15(17)23-24-16(13-20)18(21)22/h7-8,12,23H,4-6,9-11H2,1-3H3,(H3,21,22)/b24-16+. The van der Waals surface area contributed by atoms with Crippen molar-refractivity contribution in [2.75, 3.05) is 38.3 Å². The van der Waals surface area contributed by atoms with Crippen LogP contribution in [0.5, 0.6) is 5.75 Å². The Bertz CT molecular complexity index is 738. The van der Waals surface area contributed by atoms with Gasteiger partial charge < -0.3 is 20.1 Å². The van der Waals surface area contributed by atoms with Gasteiger partial charge in [-0.25, -0.2) is 4.79 Å². The molecule has 0 atom stereocenters. The number of nitriles is 1. The first kappa shape index (κ1) is 22.9. The number of esters is 1. The SMILES string of the molecule is CCCOc1ccc(C(=O)OCCN(CC)CC)cc1N/N=C(\C#N)C(=N)N. The second kappa shape index (κ2) is 12.3. The minimum absolute atomic E-state index is 0.270. The second-order valence-electron chi connectivity index (χ2n) is 5.82. The van der Waals surface area contributed by atoms with Gasteiger partial charge >= 0.3 is 5.97 Å². The fraction of sp³-hybridized carbons (Fsp3) is 0.474. The minimum Gasteiger partial charge on any atom is -0.491 e. The largest absolute Gasteiger partial charge is 0.491 e. The molecule has 0 saturated heterocycles. The van der Waals surface area contributed by atoms with Crippen molar-refractivity contribution < 1.29 is 14.3 Å². The lowest BCUT2D eigenvalue weighted by Crippen LogP contribution is -2.27. The molecule has 28 heavy (non-hydrogen) atoms. The van der Waals surface area contributed by atoms with Crippen molar-refractivity contribution in [1.29, 1.82) is 10.7 Å². The smallest absolute Gasteiger partial charge is 0.338 e. The lowest BCUT2D eigenvalue weighted by Gasteiger charge is -2.17. The van der Waals surface area contributed by atoms with Crippen molar-refractivity contribution in [3.63, 3.8) is 0 Å². The van der Waals surface area contributed by atoms with E-state index in [-0.39, 0.29) is 5.71 Å². The van der Waals surface area contributed by atoms with Crippen molar-refractivity contribution in [2.45, 2.75) is 27.2 Å². The lowest BCUT2D eigenvalue weighted by molar-refractivity contribution is 0.0466. The number of ether oxygens (including phenoxy) is 2. The van der Waals surface area contributed by atoms with Crippen LogP contribution in [0.1, 0.15) is 37.6 Å². The molecule has 0 aliphatic carbocycles. The second-order valence-corrected chi connectivity index (χ2v) is 5.82. The lowest BCUT2D eigenvalue weighted by atomic mass is 10.2. The third-order valence-corrected chi connectivity index (χ3v) is 3.86.